The standard InChI is InChI=1S/C26H34N2O2S/c1-21-12-11-14-22(20-21)13-9-10-19-27-25(23-15-5-3-6-16-23)26(28-31(2,29)30)24-17-7-4-8-18-24/h3-8,12,14-18,25-28H,9-11,13,19-20H2,1-2H3/t25-,26-/m0/s1. The van der Waals surface area contributed by atoms with E-state index in [1.807, 2.05) is 48.5 Å². The van der Waals surface area contributed by atoms with Crippen LogP contribution in [0, 0.1) is 0 Å². The Balaban J connectivity index is 1.69. The molecule has 2 aromatic rings. The fourth-order valence-corrected chi connectivity index (χ4v) is 4.90. The first-order valence-electron chi connectivity index (χ1n) is 11.1. The van der Waals surface area contributed by atoms with Crippen LogP contribution in [0.15, 0.2) is 84.0 Å². The normalized spacial score (nSPS) is 16.3. The number of hydrogen-bond acceptors (Lipinski definition) is 3. The molecule has 0 radical (unpaired) electrons. The first kappa shape index (κ1) is 23.5. The lowest BCUT2D eigenvalue weighted by molar-refractivity contribution is 0.418. The fourth-order valence-electron chi connectivity index (χ4n) is 4.16. The minimum atomic E-state index is -3.38. The van der Waals surface area contributed by atoms with E-state index in [0.717, 1.165) is 49.8 Å². The zero-order valence-electron chi connectivity index (χ0n) is 18.6. The van der Waals surface area contributed by atoms with Gasteiger partial charge in [0.2, 0.25) is 10.0 Å². The van der Waals surface area contributed by atoms with Gasteiger partial charge in [-0.2, -0.15) is 0 Å². The summed E-state index contributed by atoms with van der Waals surface area (Å²) in [6.45, 7) is 3.04. The summed E-state index contributed by atoms with van der Waals surface area (Å²) < 4.78 is 27.2. The molecule has 0 aromatic heterocycles. The molecule has 2 atom stereocenters. The van der Waals surface area contributed by atoms with Crippen molar-refractivity contribution in [2.45, 2.75) is 51.1 Å². The third kappa shape index (κ3) is 7.76. The highest BCUT2D eigenvalue weighted by atomic mass is 32.2. The molecular formula is C26H34N2O2S. The maximum absolute atomic E-state index is 12.2. The average molecular weight is 439 g/mol. The van der Waals surface area contributed by atoms with E-state index in [1.165, 1.54) is 11.8 Å². The molecule has 0 spiro atoms. The second kappa shape index (κ2) is 11.4. The van der Waals surface area contributed by atoms with E-state index in [9.17, 15) is 8.42 Å². The highest BCUT2D eigenvalue weighted by Gasteiger charge is 2.27. The number of benzene rings is 2. The van der Waals surface area contributed by atoms with Gasteiger partial charge in [0.25, 0.3) is 0 Å². The molecule has 1 aliphatic carbocycles. The van der Waals surface area contributed by atoms with Crippen molar-refractivity contribution in [3.63, 3.8) is 0 Å². The molecule has 0 bridgehead atoms. The third-order valence-corrected chi connectivity index (χ3v) is 6.34. The summed E-state index contributed by atoms with van der Waals surface area (Å²) in [5.74, 6) is 0. The number of hydrogen-bond donors (Lipinski definition) is 2. The SMILES string of the molecule is CC1=CCC=C(CCCCN[C@@H](c2ccccc2)[C@@H](NS(C)(=O)=O)c2ccccc2)C1. The van der Waals surface area contributed by atoms with E-state index >= 15 is 0 Å². The molecule has 1 aliphatic rings. The van der Waals surface area contributed by atoms with E-state index in [4.69, 9.17) is 0 Å². The number of rotatable bonds is 11. The number of allylic oxidation sites excluding steroid dienone is 4. The third-order valence-electron chi connectivity index (χ3n) is 5.66. The molecule has 3 rings (SSSR count). The summed E-state index contributed by atoms with van der Waals surface area (Å²) in [5, 5.41) is 3.65. The summed E-state index contributed by atoms with van der Waals surface area (Å²) in [7, 11) is -3.38. The molecule has 0 unspecified atom stereocenters. The lowest BCUT2D eigenvalue weighted by Crippen LogP contribution is -2.38. The number of nitrogens with one attached hydrogen (secondary N) is 2. The van der Waals surface area contributed by atoms with E-state index < -0.39 is 10.0 Å². The van der Waals surface area contributed by atoms with Gasteiger partial charge in [-0.25, -0.2) is 13.1 Å². The van der Waals surface area contributed by atoms with Gasteiger partial charge in [-0.05, 0) is 56.7 Å². The van der Waals surface area contributed by atoms with E-state index in [1.54, 1.807) is 5.57 Å². The molecule has 0 saturated carbocycles. The minimum absolute atomic E-state index is 0.155. The Morgan fingerprint density at radius 3 is 2.06 bits per heavy atom. The molecule has 5 heteroatoms. The van der Waals surface area contributed by atoms with Crippen molar-refractivity contribution < 1.29 is 8.42 Å². The van der Waals surface area contributed by atoms with Crippen LogP contribution in [0.25, 0.3) is 0 Å². The first-order valence-corrected chi connectivity index (χ1v) is 13.0. The van der Waals surface area contributed by atoms with Gasteiger partial charge in [-0.1, -0.05) is 84.0 Å². The van der Waals surface area contributed by atoms with Crippen molar-refractivity contribution >= 4 is 10.0 Å². The van der Waals surface area contributed by atoms with Gasteiger partial charge in [0.1, 0.15) is 0 Å². The Morgan fingerprint density at radius 1 is 0.871 bits per heavy atom. The predicted octanol–water partition coefficient (Wildman–Crippen LogP) is 5.44. The summed E-state index contributed by atoms with van der Waals surface area (Å²) in [6, 6.07) is 19.3. The Bertz CT molecular complexity index is 983. The van der Waals surface area contributed by atoms with Crippen LogP contribution in [-0.4, -0.2) is 21.2 Å². The molecule has 0 amide bonds. The monoisotopic (exact) mass is 438 g/mol. The van der Waals surface area contributed by atoms with Gasteiger partial charge < -0.3 is 5.32 Å². The molecule has 31 heavy (non-hydrogen) atoms. The summed E-state index contributed by atoms with van der Waals surface area (Å²) in [6.07, 6.45) is 11.3. The Hall–Kier alpha value is -2.21. The highest BCUT2D eigenvalue weighted by Crippen LogP contribution is 2.30. The maximum Gasteiger partial charge on any atom is 0.209 e. The molecular weight excluding hydrogens is 404 g/mol. The van der Waals surface area contributed by atoms with Crippen molar-refractivity contribution in [2.75, 3.05) is 12.8 Å². The first-order chi connectivity index (χ1) is 14.9. The number of sulfonamides is 1. The highest BCUT2D eigenvalue weighted by molar-refractivity contribution is 7.88. The van der Waals surface area contributed by atoms with Crippen molar-refractivity contribution in [1.29, 1.82) is 0 Å². The molecule has 4 nitrogen and oxygen atoms in total. The van der Waals surface area contributed by atoms with Crippen molar-refractivity contribution in [1.82, 2.24) is 10.0 Å². The van der Waals surface area contributed by atoms with E-state index in [0.29, 0.717) is 0 Å². The zero-order valence-corrected chi connectivity index (χ0v) is 19.4. The molecule has 166 valence electrons. The van der Waals surface area contributed by atoms with Gasteiger partial charge in [0.15, 0.2) is 0 Å². The molecule has 2 aromatic carbocycles. The van der Waals surface area contributed by atoms with Crippen LogP contribution < -0.4 is 10.0 Å². The Morgan fingerprint density at radius 2 is 1.48 bits per heavy atom. The fraction of sp³-hybridized carbons (Fsp3) is 0.385. The lowest BCUT2D eigenvalue weighted by atomic mass is 9.93. The van der Waals surface area contributed by atoms with Crippen LogP contribution in [0.2, 0.25) is 0 Å². The largest absolute Gasteiger partial charge is 0.308 e. The molecule has 2 N–H and O–H groups in total. The van der Waals surface area contributed by atoms with Crippen LogP contribution >= 0.6 is 0 Å². The van der Waals surface area contributed by atoms with Gasteiger partial charge >= 0.3 is 0 Å². The molecule has 0 aliphatic heterocycles. The Labute approximate surface area is 187 Å². The van der Waals surface area contributed by atoms with E-state index in [-0.39, 0.29) is 12.1 Å². The molecule has 0 heterocycles. The van der Waals surface area contributed by atoms with Crippen LogP contribution in [0.3, 0.4) is 0 Å². The average Bonchev–Trinajstić information content (AvgIpc) is 2.75. The molecule has 0 saturated heterocycles. The predicted molar refractivity (Wildman–Crippen MR) is 129 cm³/mol. The molecule has 0 fully saturated rings. The van der Waals surface area contributed by atoms with Crippen LogP contribution in [0.4, 0.5) is 0 Å². The topological polar surface area (TPSA) is 58.2 Å². The van der Waals surface area contributed by atoms with Crippen molar-refractivity contribution in [3.8, 4) is 0 Å². The van der Waals surface area contributed by atoms with E-state index in [2.05, 4.69) is 41.2 Å². The van der Waals surface area contributed by atoms with Crippen LogP contribution in [0.5, 0.6) is 0 Å². The summed E-state index contributed by atoms with van der Waals surface area (Å²) >= 11 is 0. The summed E-state index contributed by atoms with van der Waals surface area (Å²) in [5.41, 5.74) is 5.03. The minimum Gasteiger partial charge on any atom is -0.308 e. The van der Waals surface area contributed by atoms with Crippen LogP contribution in [-0.2, 0) is 10.0 Å². The maximum atomic E-state index is 12.2. The van der Waals surface area contributed by atoms with Crippen molar-refractivity contribution in [2.24, 2.45) is 0 Å². The smallest absolute Gasteiger partial charge is 0.209 e. The quantitative estimate of drug-likeness (QED) is 0.363. The van der Waals surface area contributed by atoms with Gasteiger partial charge in [-0.3, -0.25) is 0 Å². The van der Waals surface area contributed by atoms with Gasteiger partial charge in [-0.15, -0.1) is 0 Å². The summed E-state index contributed by atoms with van der Waals surface area (Å²) in [4.78, 5) is 0. The van der Waals surface area contributed by atoms with Gasteiger partial charge in [0.05, 0.1) is 18.3 Å². The Kier molecular flexibility index (Phi) is 8.64. The lowest BCUT2D eigenvalue weighted by Gasteiger charge is -2.29. The van der Waals surface area contributed by atoms with Crippen molar-refractivity contribution in [3.05, 3.63) is 95.1 Å². The number of unbranched alkanes of at least 4 members (excludes halogenated alkanes) is 1. The van der Waals surface area contributed by atoms with Crippen LogP contribution in [0.1, 0.15) is 62.2 Å². The van der Waals surface area contributed by atoms with Gasteiger partial charge in [0, 0.05) is 0 Å². The second-order valence-corrected chi connectivity index (χ2v) is 10.2. The zero-order chi connectivity index (χ0) is 22.1. The second-order valence-electron chi connectivity index (χ2n) is 8.40.